The van der Waals surface area contributed by atoms with Crippen LogP contribution in [0.2, 0.25) is 0 Å². The monoisotopic (exact) mass is 418 g/mol. The van der Waals surface area contributed by atoms with Gasteiger partial charge in [-0.15, -0.1) is 0 Å². The second-order valence-corrected chi connectivity index (χ2v) is 8.80. The predicted octanol–water partition coefficient (Wildman–Crippen LogP) is 1.23. The summed E-state index contributed by atoms with van der Waals surface area (Å²) in [4.78, 5) is 38.2. The Morgan fingerprint density at radius 2 is 1.90 bits per heavy atom. The summed E-state index contributed by atoms with van der Waals surface area (Å²) in [5, 5.41) is 14.2. The number of carbonyl (C=O) groups is 3. The van der Waals surface area contributed by atoms with Gasteiger partial charge in [0.2, 0.25) is 0 Å². The van der Waals surface area contributed by atoms with Crippen molar-refractivity contribution in [1.29, 1.82) is 0 Å². The average molecular weight is 418 g/mol. The summed E-state index contributed by atoms with van der Waals surface area (Å²) in [6.07, 6.45) is 7.77. The second-order valence-electron chi connectivity index (χ2n) is 8.80. The van der Waals surface area contributed by atoms with Gasteiger partial charge in [0.15, 0.2) is 5.69 Å². The highest BCUT2D eigenvalue weighted by Crippen LogP contribution is 2.43. The number of nitrogens with one attached hydrogen (secondary N) is 1. The Hall–Kier alpha value is -2.42. The molecule has 9 heteroatoms. The highest BCUT2D eigenvalue weighted by Gasteiger charge is 2.51. The van der Waals surface area contributed by atoms with Crippen molar-refractivity contribution in [1.82, 2.24) is 20.0 Å². The molecule has 1 aromatic rings. The molecule has 164 valence electrons. The van der Waals surface area contributed by atoms with Crippen molar-refractivity contribution >= 4 is 18.3 Å². The molecule has 3 saturated heterocycles. The quantitative estimate of drug-likeness (QED) is 0.560. The van der Waals surface area contributed by atoms with E-state index in [1.54, 1.807) is 0 Å². The fourth-order valence-electron chi connectivity index (χ4n) is 5.38. The highest BCUT2D eigenvalue weighted by atomic mass is 16.6. The minimum Gasteiger partial charge on any atom is -0.483 e. The third-order valence-electron chi connectivity index (χ3n) is 7.00. The lowest BCUT2D eigenvalue weighted by Gasteiger charge is -2.36. The number of esters is 1. The maximum atomic E-state index is 12.9. The van der Waals surface area contributed by atoms with Crippen molar-refractivity contribution in [3.63, 3.8) is 0 Å². The first kappa shape index (κ1) is 20.8. The lowest BCUT2D eigenvalue weighted by Crippen LogP contribution is -2.45. The number of carbonyl (C=O) groups excluding carboxylic acids is 2. The molecule has 0 radical (unpaired) electrons. The van der Waals surface area contributed by atoms with Crippen LogP contribution in [0, 0.1) is 5.41 Å². The number of H-pyrrole nitrogens is 1. The van der Waals surface area contributed by atoms with Crippen LogP contribution in [0.1, 0.15) is 60.3 Å². The topological polar surface area (TPSA) is 116 Å². The van der Waals surface area contributed by atoms with Crippen LogP contribution < -0.4 is 0 Å². The molecular weight excluding hydrogens is 388 g/mol. The molecule has 4 heterocycles. The van der Waals surface area contributed by atoms with Crippen LogP contribution in [0.4, 0.5) is 0 Å². The molecule has 30 heavy (non-hydrogen) atoms. The minimum absolute atomic E-state index is 0.0178. The van der Waals surface area contributed by atoms with Crippen LogP contribution in [-0.2, 0) is 27.2 Å². The van der Waals surface area contributed by atoms with Crippen LogP contribution in [0.15, 0.2) is 0 Å². The smallest absolute Gasteiger partial charge is 0.312 e. The molecular formula is C21H30N4O5. The van der Waals surface area contributed by atoms with Crippen molar-refractivity contribution in [3.8, 4) is 0 Å². The molecule has 3 fully saturated rings. The number of fused-ring (bicyclic) bond motifs is 1. The van der Waals surface area contributed by atoms with Gasteiger partial charge in [0, 0.05) is 37.3 Å². The summed E-state index contributed by atoms with van der Waals surface area (Å²) in [5.74, 6) is -0.0244. The van der Waals surface area contributed by atoms with Gasteiger partial charge in [-0.3, -0.25) is 24.4 Å². The van der Waals surface area contributed by atoms with E-state index in [9.17, 15) is 9.59 Å². The molecule has 1 unspecified atom stereocenters. The maximum Gasteiger partial charge on any atom is 0.312 e. The van der Waals surface area contributed by atoms with Gasteiger partial charge in [0.05, 0.1) is 5.41 Å². The summed E-state index contributed by atoms with van der Waals surface area (Å²) in [6.45, 7) is 4.10. The van der Waals surface area contributed by atoms with E-state index in [2.05, 4.69) is 15.1 Å². The SMILES string of the molecule is O=C(c1n[nH]c2c1CCC2)N1CCC2(CC1)CC(CN1CCCC1)OC2=O.O=CO. The van der Waals surface area contributed by atoms with Crippen LogP contribution >= 0.6 is 0 Å². The van der Waals surface area contributed by atoms with Gasteiger partial charge in [-0.25, -0.2) is 0 Å². The largest absolute Gasteiger partial charge is 0.483 e. The summed E-state index contributed by atoms with van der Waals surface area (Å²) >= 11 is 0. The van der Waals surface area contributed by atoms with E-state index in [1.807, 2.05) is 4.90 Å². The Labute approximate surface area is 175 Å². The van der Waals surface area contributed by atoms with Gasteiger partial charge >= 0.3 is 5.97 Å². The van der Waals surface area contributed by atoms with Crippen LogP contribution in [0.5, 0.6) is 0 Å². The fraction of sp³-hybridized carbons (Fsp3) is 0.714. The normalized spacial score (nSPS) is 25.0. The van der Waals surface area contributed by atoms with Crippen molar-refractivity contribution in [2.24, 2.45) is 5.41 Å². The van der Waals surface area contributed by atoms with Gasteiger partial charge in [0.25, 0.3) is 12.4 Å². The zero-order chi connectivity index (χ0) is 21.1. The van der Waals surface area contributed by atoms with Gasteiger partial charge in [-0.05, 0) is 58.0 Å². The zero-order valence-corrected chi connectivity index (χ0v) is 17.3. The number of aryl methyl sites for hydroxylation is 1. The number of rotatable bonds is 3. The first-order valence-corrected chi connectivity index (χ1v) is 10.9. The van der Waals surface area contributed by atoms with Crippen LogP contribution in [0.3, 0.4) is 0 Å². The molecule has 1 atom stereocenters. The van der Waals surface area contributed by atoms with E-state index in [0.29, 0.717) is 31.6 Å². The Balaban J connectivity index is 0.000000687. The fourth-order valence-corrected chi connectivity index (χ4v) is 5.38. The van der Waals surface area contributed by atoms with E-state index in [0.717, 1.165) is 56.6 Å². The number of piperidine rings is 1. The first-order valence-electron chi connectivity index (χ1n) is 10.9. The number of nitrogens with zero attached hydrogens (tertiary/aromatic N) is 3. The summed E-state index contributed by atoms with van der Waals surface area (Å²) in [5.41, 5.74) is 2.44. The van der Waals surface area contributed by atoms with Crippen molar-refractivity contribution < 1.29 is 24.2 Å². The second kappa shape index (κ2) is 8.75. The number of carboxylic acid groups (broad SMARTS) is 1. The third-order valence-corrected chi connectivity index (χ3v) is 7.00. The molecule has 2 N–H and O–H groups in total. The number of aromatic nitrogens is 2. The Morgan fingerprint density at radius 3 is 2.60 bits per heavy atom. The van der Waals surface area contributed by atoms with E-state index < -0.39 is 0 Å². The van der Waals surface area contributed by atoms with Crippen molar-refractivity contribution in [2.45, 2.75) is 57.5 Å². The number of likely N-dealkylation sites (tertiary alicyclic amines) is 2. The summed E-state index contributed by atoms with van der Waals surface area (Å²) in [7, 11) is 0. The number of ether oxygens (including phenoxy) is 1. The lowest BCUT2D eigenvalue weighted by molar-refractivity contribution is -0.151. The van der Waals surface area contributed by atoms with Gasteiger partial charge < -0.3 is 14.7 Å². The van der Waals surface area contributed by atoms with Crippen molar-refractivity contribution in [3.05, 3.63) is 17.0 Å². The predicted molar refractivity (Wildman–Crippen MR) is 107 cm³/mol. The first-order chi connectivity index (χ1) is 14.6. The molecule has 0 saturated carbocycles. The highest BCUT2D eigenvalue weighted by molar-refractivity contribution is 5.94. The summed E-state index contributed by atoms with van der Waals surface area (Å²) in [6, 6.07) is 0. The average Bonchev–Trinajstić information content (AvgIpc) is 3.50. The Kier molecular flexibility index (Phi) is 6.08. The number of cyclic esters (lactones) is 1. The molecule has 0 aromatic carbocycles. The Bertz CT molecular complexity index is 793. The molecule has 1 spiro atoms. The van der Waals surface area contributed by atoms with Gasteiger partial charge in [0.1, 0.15) is 6.10 Å². The number of hydrogen-bond acceptors (Lipinski definition) is 6. The zero-order valence-electron chi connectivity index (χ0n) is 17.3. The van der Waals surface area contributed by atoms with Gasteiger partial charge in [-0.1, -0.05) is 0 Å². The Morgan fingerprint density at radius 1 is 1.20 bits per heavy atom. The number of amides is 1. The third kappa shape index (κ3) is 3.95. The van der Waals surface area contributed by atoms with Crippen LogP contribution in [-0.4, -0.2) is 82.3 Å². The van der Waals surface area contributed by atoms with E-state index in [4.69, 9.17) is 14.6 Å². The molecule has 1 aliphatic carbocycles. The molecule has 3 aliphatic heterocycles. The molecule has 9 nitrogen and oxygen atoms in total. The molecule has 1 amide bonds. The molecule has 4 aliphatic rings. The lowest BCUT2D eigenvalue weighted by atomic mass is 9.76. The van der Waals surface area contributed by atoms with E-state index in [-0.39, 0.29) is 29.9 Å². The number of hydrogen-bond donors (Lipinski definition) is 2. The minimum atomic E-state index is -0.380. The van der Waals surface area contributed by atoms with E-state index in [1.165, 1.54) is 12.8 Å². The summed E-state index contributed by atoms with van der Waals surface area (Å²) < 4.78 is 5.74. The van der Waals surface area contributed by atoms with E-state index >= 15 is 0 Å². The standard InChI is InChI=1S/C20H28N4O3.CH2O2/c25-18(17-15-4-3-5-16(15)21-22-17)24-10-6-20(7-11-24)12-14(27-19(20)26)13-23-8-1-2-9-23;2-1-3/h14H,1-13H2,(H,21,22);1H,(H,2,3). The van der Waals surface area contributed by atoms with Crippen molar-refractivity contribution in [2.75, 3.05) is 32.7 Å². The number of aromatic amines is 1. The molecule has 5 rings (SSSR count). The van der Waals surface area contributed by atoms with Gasteiger partial charge in [-0.2, -0.15) is 5.10 Å². The van der Waals surface area contributed by atoms with Crippen LogP contribution in [0.25, 0.3) is 0 Å². The molecule has 1 aromatic heterocycles. The molecule has 0 bridgehead atoms. The maximum absolute atomic E-state index is 12.9.